The second-order valence-corrected chi connectivity index (χ2v) is 1.70. The summed E-state index contributed by atoms with van der Waals surface area (Å²) >= 11 is 9.31. The third kappa shape index (κ3) is 5.15. The molecule has 0 rings (SSSR count). The third-order valence-corrected chi connectivity index (χ3v) is 1.18. The van der Waals surface area contributed by atoms with Crippen LogP contribution in [0.2, 0.25) is 0 Å². The van der Waals surface area contributed by atoms with Gasteiger partial charge in [-0.3, -0.25) is 0 Å². The number of carboxylic acids is 1. The van der Waals surface area contributed by atoms with Crippen LogP contribution in [0, 0.1) is 0 Å². The Balaban J connectivity index is 0. The van der Waals surface area contributed by atoms with Gasteiger partial charge < -0.3 is 22.5 Å². The monoisotopic (exact) mass is 217 g/mol. The molecule has 9 heavy (non-hydrogen) atoms. The summed E-state index contributed by atoms with van der Waals surface area (Å²) in [4.78, 5) is 11.8. The molecular weight excluding hydrogens is 215 g/mol. The molecular formula is C3H4ClNO2SZn. The van der Waals surface area contributed by atoms with Crippen molar-refractivity contribution in [2.24, 2.45) is 0 Å². The van der Waals surface area contributed by atoms with Crippen molar-refractivity contribution in [3.63, 3.8) is 0 Å². The van der Waals surface area contributed by atoms with Crippen molar-refractivity contribution in [1.29, 1.82) is 0 Å². The third-order valence-electron chi connectivity index (χ3n) is 0.583. The van der Waals surface area contributed by atoms with Crippen molar-refractivity contribution < 1.29 is 29.4 Å². The molecule has 0 aliphatic carbocycles. The minimum atomic E-state index is -1.27. The summed E-state index contributed by atoms with van der Waals surface area (Å²) in [5.41, 5.74) is 0. The number of rotatable bonds is 3. The smallest absolute Gasteiger partial charge is 0.791 e. The molecule has 0 heterocycles. The summed E-state index contributed by atoms with van der Waals surface area (Å²) in [6.07, 6.45) is 0. The predicted octanol–water partition coefficient (Wildman–Crippen LogP) is -1.61. The first-order valence-electron chi connectivity index (χ1n) is 1.87. The van der Waals surface area contributed by atoms with E-state index >= 15 is 0 Å². The standard InChI is InChI=1S/C3H6ClNO2S.Zn/c4-5-2(1-8)3(6)7;/h2,5,8H,1H2,(H,6,7);/q;+2/p-2. The molecule has 48 valence electrons. The minimum absolute atomic E-state index is 0. The fourth-order valence-electron chi connectivity index (χ4n) is 0.144. The van der Waals surface area contributed by atoms with E-state index in [-0.39, 0.29) is 25.2 Å². The molecule has 1 N–H and O–H groups in total. The van der Waals surface area contributed by atoms with E-state index < -0.39 is 12.0 Å². The van der Waals surface area contributed by atoms with Gasteiger partial charge in [0.2, 0.25) is 0 Å². The largest absolute Gasteiger partial charge is 2.00 e. The average Bonchev–Trinajstić information content (AvgIpc) is 1.69. The number of carbonyl (C=O) groups is 1. The predicted molar refractivity (Wildman–Crippen MR) is 30.0 cm³/mol. The number of carboxylic acid groups (broad SMARTS) is 1. The molecule has 1 unspecified atom stereocenters. The second kappa shape index (κ2) is 6.81. The average molecular weight is 219 g/mol. The maximum atomic E-state index is 9.84. The van der Waals surface area contributed by atoms with Crippen LogP contribution in [-0.4, -0.2) is 17.8 Å². The first-order chi connectivity index (χ1) is 3.72. The number of nitrogens with one attached hydrogen (secondary N) is 1. The van der Waals surface area contributed by atoms with Crippen molar-refractivity contribution in [2.45, 2.75) is 6.04 Å². The SMILES string of the molecule is O=C([O-])C(C[S-])NCl.[Zn+2]. The van der Waals surface area contributed by atoms with E-state index in [0.717, 1.165) is 0 Å². The van der Waals surface area contributed by atoms with E-state index in [2.05, 4.69) is 12.6 Å². The van der Waals surface area contributed by atoms with Gasteiger partial charge in [-0.2, -0.15) is 5.75 Å². The van der Waals surface area contributed by atoms with Crippen LogP contribution in [0.4, 0.5) is 0 Å². The van der Waals surface area contributed by atoms with Gasteiger partial charge in [-0.15, -0.1) is 0 Å². The van der Waals surface area contributed by atoms with Gasteiger partial charge in [0.15, 0.2) is 0 Å². The molecule has 0 aromatic carbocycles. The van der Waals surface area contributed by atoms with Crippen molar-refractivity contribution in [3.8, 4) is 0 Å². The zero-order valence-electron chi connectivity index (χ0n) is 4.59. The molecule has 0 aliphatic rings. The Kier molecular flexibility index (Phi) is 9.36. The Labute approximate surface area is 76.4 Å². The van der Waals surface area contributed by atoms with Gasteiger partial charge in [0.1, 0.15) is 0 Å². The molecule has 0 spiro atoms. The maximum Gasteiger partial charge on any atom is 2.00 e. The van der Waals surface area contributed by atoms with Crippen LogP contribution in [0.5, 0.6) is 0 Å². The Morgan fingerprint density at radius 1 is 1.89 bits per heavy atom. The molecule has 0 aromatic rings. The first kappa shape index (κ1) is 12.4. The van der Waals surface area contributed by atoms with Crippen molar-refractivity contribution in [2.75, 3.05) is 5.75 Å². The van der Waals surface area contributed by atoms with E-state index in [9.17, 15) is 9.90 Å². The van der Waals surface area contributed by atoms with Gasteiger partial charge in [0.05, 0.1) is 5.97 Å². The van der Waals surface area contributed by atoms with Crippen LogP contribution in [0.1, 0.15) is 0 Å². The first-order valence-corrected chi connectivity index (χ1v) is 2.83. The summed E-state index contributed by atoms with van der Waals surface area (Å²) in [6, 6.07) is -0.910. The Morgan fingerprint density at radius 2 is 2.33 bits per heavy atom. The van der Waals surface area contributed by atoms with Crippen molar-refractivity contribution in [1.82, 2.24) is 4.84 Å². The normalized spacial score (nSPS) is 11.8. The summed E-state index contributed by atoms with van der Waals surface area (Å²) in [5, 5.41) is 9.84. The van der Waals surface area contributed by atoms with Crippen molar-refractivity contribution >= 4 is 30.4 Å². The second-order valence-electron chi connectivity index (χ2n) is 1.15. The Morgan fingerprint density at radius 3 is 2.33 bits per heavy atom. The van der Waals surface area contributed by atoms with E-state index in [0.29, 0.717) is 0 Å². The number of aliphatic carboxylic acids is 1. The van der Waals surface area contributed by atoms with Gasteiger partial charge in [-0.05, 0) is 11.8 Å². The molecule has 0 aromatic heterocycles. The van der Waals surface area contributed by atoms with E-state index in [1.165, 1.54) is 0 Å². The number of hydrogen-bond donors (Lipinski definition) is 1. The molecule has 0 radical (unpaired) electrons. The summed E-state index contributed by atoms with van der Waals surface area (Å²) < 4.78 is 0. The Bertz CT molecular complexity index is 89.9. The van der Waals surface area contributed by atoms with Gasteiger partial charge in [0.25, 0.3) is 0 Å². The fourth-order valence-corrected chi connectivity index (χ4v) is 0.621. The molecule has 0 saturated heterocycles. The minimum Gasteiger partial charge on any atom is -0.791 e. The zero-order valence-corrected chi connectivity index (χ0v) is 9.13. The molecule has 0 bridgehead atoms. The molecule has 0 amide bonds. The zero-order chi connectivity index (χ0) is 6.57. The number of hydrogen-bond acceptors (Lipinski definition) is 4. The molecule has 3 nitrogen and oxygen atoms in total. The Hall–Kier alpha value is 0.693. The molecule has 0 saturated carbocycles. The van der Waals surface area contributed by atoms with Crippen LogP contribution < -0.4 is 9.94 Å². The van der Waals surface area contributed by atoms with Gasteiger partial charge >= 0.3 is 19.5 Å². The summed E-state index contributed by atoms with van der Waals surface area (Å²) in [5.74, 6) is -1.25. The summed E-state index contributed by atoms with van der Waals surface area (Å²) in [7, 11) is 0. The molecule has 0 aliphatic heterocycles. The summed E-state index contributed by atoms with van der Waals surface area (Å²) in [6.45, 7) is 0. The van der Waals surface area contributed by atoms with E-state index in [1.807, 2.05) is 4.84 Å². The van der Waals surface area contributed by atoms with Crippen LogP contribution in [0.15, 0.2) is 0 Å². The molecule has 0 fully saturated rings. The van der Waals surface area contributed by atoms with Gasteiger partial charge in [0, 0.05) is 6.04 Å². The van der Waals surface area contributed by atoms with E-state index in [4.69, 9.17) is 11.8 Å². The maximum absolute atomic E-state index is 9.84. The number of halogens is 1. The van der Waals surface area contributed by atoms with Gasteiger partial charge in [-0.1, -0.05) is 0 Å². The quantitative estimate of drug-likeness (QED) is 0.352. The van der Waals surface area contributed by atoms with Crippen LogP contribution >= 0.6 is 11.8 Å². The fraction of sp³-hybridized carbons (Fsp3) is 0.667. The van der Waals surface area contributed by atoms with Gasteiger partial charge in [-0.25, -0.2) is 4.84 Å². The van der Waals surface area contributed by atoms with Crippen LogP contribution in [0.3, 0.4) is 0 Å². The topological polar surface area (TPSA) is 52.2 Å². The number of carbonyl (C=O) groups excluding carboxylic acids is 1. The molecule has 6 heteroatoms. The van der Waals surface area contributed by atoms with Crippen LogP contribution in [-0.2, 0) is 36.9 Å². The van der Waals surface area contributed by atoms with Crippen LogP contribution in [0.25, 0.3) is 0 Å². The van der Waals surface area contributed by atoms with E-state index in [1.54, 1.807) is 0 Å². The van der Waals surface area contributed by atoms with Crippen molar-refractivity contribution in [3.05, 3.63) is 0 Å². The molecule has 1 atom stereocenters.